The van der Waals surface area contributed by atoms with Gasteiger partial charge in [-0.05, 0) is 38.7 Å². The fraction of sp³-hybridized carbons (Fsp3) is 0.600. The van der Waals surface area contributed by atoms with Crippen LogP contribution in [0.3, 0.4) is 0 Å². The Labute approximate surface area is 159 Å². The van der Waals surface area contributed by atoms with E-state index in [1.807, 2.05) is 11.8 Å². The lowest BCUT2D eigenvalue weighted by Crippen LogP contribution is -2.68. The normalized spacial score (nSPS) is 30.7. The molecule has 1 aliphatic carbocycles. The Hall–Kier alpha value is -1.99. The van der Waals surface area contributed by atoms with E-state index in [1.54, 1.807) is 18.2 Å². The second-order valence-corrected chi connectivity index (χ2v) is 7.70. The third-order valence-electron chi connectivity index (χ3n) is 6.28. The number of amides is 2. The zero-order valence-electron chi connectivity index (χ0n) is 15.7. The van der Waals surface area contributed by atoms with Crippen molar-refractivity contribution in [1.29, 1.82) is 0 Å². The summed E-state index contributed by atoms with van der Waals surface area (Å²) in [6.45, 7) is 3.72. The predicted octanol–water partition coefficient (Wildman–Crippen LogP) is 1.42. The van der Waals surface area contributed by atoms with E-state index in [9.17, 15) is 14.0 Å². The zero-order chi connectivity index (χ0) is 19.0. The van der Waals surface area contributed by atoms with E-state index in [1.165, 1.54) is 6.07 Å². The van der Waals surface area contributed by atoms with E-state index in [-0.39, 0.29) is 48.2 Å². The molecule has 2 amide bonds. The number of hydrazine groups is 1. The highest BCUT2D eigenvalue weighted by Gasteiger charge is 2.50. The number of piperazine rings is 1. The second-order valence-electron chi connectivity index (χ2n) is 7.70. The Kier molecular flexibility index (Phi) is 5.14. The molecule has 7 heteroatoms. The van der Waals surface area contributed by atoms with E-state index in [0.29, 0.717) is 18.5 Å². The van der Waals surface area contributed by atoms with Crippen LogP contribution in [0.15, 0.2) is 24.3 Å². The van der Waals surface area contributed by atoms with Crippen molar-refractivity contribution in [3.05, 3.63) is 35.6 Å². The first kappa shape index (κ1) is 18.4. The average molecular weight is 374 g/mol. The van der Waals surface area contributed by atoms with Crippen molar-refractivity contribution in [2.45, 2.75) is 57.3 Å². The Bertz CT molecular complexity index is 728. The highest BCUT2D eigenvalue weighted by molar-refractivity contribution is 5.84. The molecule has 1 aromatic rings. The highest BCUT2D eigenvalue weighted by Crippen LogP contribution is 2.37. The molecule has 2 heterocycles. The van der Waals surface area contributed by atoms with Crippen LogP contribution in [0.1, 0.15) is 38.2 Å². The number of hydrogen-bond acceptors (Lipinski definition) is 4. The van der Waals surface area contributed by atoms with Gasteiger partial charge in [-0.25, -0.2) is 9.40 Å². The monoisotopic (exact) mass is 374 g/mol. The molecule has 2 aliphatic heterocycles. The van der Waals surface area contributed by atoms with Crippen molar-refractivity contribution in [2.75, 3.05) is 13.1 Å². The molecule has 1 saturated carbocycles. The molecule has 4 rings (SSSR count). The van der Waals surface area contributed by atoms with Crippen LogP contribution in [0.25, 0.3) is 0 Å². The molecule has 6 nitrogen and oxygen atoms in total. The summed E-state index contributed by atoms with van der Waals surface area (Å²) in [4.78, 5) is 27.5. The van der Waals surface area contributed by atoms with Crippen molar-refractivity contribution in [3.63, 3.8) is 0 Å². The van der Waals surface area contributed by atoms with Crippen molar-refractivity contribution in [2.24, 2.45) is 5.92 Å². The van der Waals surface area contributed by atoms with Crippen molar-refractivity contribution >= 4 is 11.8 Å². The smallest absolute Gasteiger partial charge is 0.241 e. The van der Waals surface area contributed by atoms with E-state index in [0.717, 1.165) is 25.8 Å². The predicted molar refractivity (Wildman–Crippen MR) is 98.8 cm³/mol. The lowest BCUT2D eigenvalue weighted by atomic mass is 9.78. The van der Waals surface area contributed by atoms with Crippen LogP contribution in [0, 0.1) is 11.7 Å². The first-order valence-electron chi connectivity index (χ1n) is 9.93. The molecule has 2 N–H and O–H groups in total. The number of hydrogen-bond donors (Lipinski definition) is 2. The number of carbonyl (C=O) groups is 2. The number of nitrogens with zero attached hydrogens (tertiary/aromatic N) is 2. The third kappa shape index (κ3) is 3.34. The molecular formula is C20H27FN4O2. The fourth-order valence-electron chi connectivity index (χ4n) is 4.91. The van der Waals surface area contributed by atoms with Gasteiger partial charge in [-0.2, -0.15) is 0 Å². The first-order valence-corrected chi connectivity index (χ1v) is 9.93. The minimum Gasteiger partial charge on any atom is -0.352 e. The molecular weight excluding hydrogens is 347 g/mol. The van der Waals surface area contributed by atoms with Crippen LogP contribution >= 0.6 is 0 Å². The lowest BCUT2D eigenvalue weighted by molar-refractivity contribution is -0.155. The number of halogens is 1. The van der Waals surface area contributed by atoms with Gasteiger partial charge >= 0.3 is 0 Å². The number of likely N-dealkylation sites (N-methyl/N-ethyl adjacent to an activating group) is 1. The van der Waals surface area contributed by atoms with Crippen LogP contribution in [0.4, 0.5) is 4.39 Å². The van der Waals surface area contributed by atoms with Gasteiger partial charge in [0.2, 0.25) is 11.8 Å². The van der Waals surface area contributed by atoms with Gasteiger partial charge in [-0.1, -0.05) is 18.2 Å². The van der Waals surface area contributed by atoms with Gasteiger partial charge in [0.1, 0.15) is 11.9 Å². The third-order valence-corrected chi connectivity index (χ3v) is 6.28. The van der Waals surface area contributed by atoms with Crippen LogP contribution in [-0.2, 0) is 16.1 Å². The van der Waals surface area contributed by atoms with E-state index in [4.69, 9.17) is 0 Å². The van der Waals surface area contributed by atoms with Crippen LogP contribution in [0.2, 0.25) is 0 Å². The minimum atomic E-state index is -0.303. The molecule has 0 spiro atoms. The summed E-state index contributed by atoms with van der Waals surface area (Å²) < 4.78 is 13.8. The number of nitrogens with one attached hydrogen (secondary N) is 2. The van der Waals surface area contributed by atoms with Crippen LogP contribution in [-0.4, -0.2) is 52.9 Å². The van der Waals surface area contributed by atoms with Gasteiger partial charge < -0.3 is 10.2 Å². The SMILES string of the molecule is CCN1C(=O)C2CCNN2C2CCC(C(=O)NCc3ccccc3F)CC21. The van der Waals surface area contributed by atoms with Gasteiger partial charge in [-0.3, -0.25) is 15.0 Å². The van der Waals surface area contributed by atoms with Crippen molar-refractivity contribution < 1.29 is 14.0 Å². The quantitative estimate of drug-likeness (QED) is 0.837. The maximum Gasteiger partial charge on any atom is 0.241 e. The zero-order valence-corrected chi connectivity index (χ0v) is 15.7. The molecule has 0 radical (unpaired) electrons. The van der Waals surface area contributed by atoms with Crippen molar-refractivity contribution in [3.8, 4) is 0 Å². The van der Waals surface area contributed by atoms with E-state index in [2.05, 4.69) is 15.8 Å². The summed E-state index contributed by atoms with van der Waals surface area (Å²) in [6, 6.07) is 6.76. The van der Waals surface area contributed by atoms with Gasteiger partial charge in [-0.15, -0.1) is 0 Å². The largest absolute Gasteiger partial charge is 0.352 e. The topological polar surface area (TPSA) is 64.7 Å². The summed E-state index contributed by atoms with van der Waals surface area (Å²) in [5.41, 5.74) is 3.87. The Balaban J connectivity index is 1.42. The summed E-state index contributed by atoms with van der Waals surface area (Å²) >= 11 is 0. The Morgan fingerprint density at radius 1 is 1.26 bits per heavy atom. The summed E-state index contributed by atoms with van der Waals surface area (Å²) in [7, 11) is 0. The second kappa shape index (κ2) is 7.56. The van der Waals surface area contributed by atoms with E-state index >= 15 is 0 Å². The maximum absolute atomic E-state index is 13.8. The average Bonchev–Trinajstić information content (AvgIpc) is 3.17. The van der Waals surface area contributed by atoms with Gasteiger partial charge in [0.05, 0.1) is 0 Å². The molecule has 4 unspecified atom stereocenters. The van der Waals surface area contributed by atoms with Gasteiger partial charge in [0.15, 0.2) is 0 Å². The minimum absolute atomic E-state index is 0.0447. The standard InChI is InChI=1S/C20H27FN4O2/c1-2-24-18-11-13(19(26)22-12-14-5-3-4-6-15(14)21)7-8-16(18)25-17(20(24)27)9-10-23-25/h3-6,13,16-18,23H,2,7-12H2,1H3,(H,22,26). The van der Waals surface area contributed by atoms with Gasteiger partial charge in [0, 0.05) is 43.2 Å². The fourth-order valence-corrected chi connectivity index (χ4v) is 4.91. The molecule has 2 saturated heterocycles. The van der Waals surface area contributed by atoms with E-state index < -0.39 is 0 Å². The Morgan fingerprint density at radius 3 is 2.85 bits per heavy atom. The first-order chi connectivity index (χ1) is 13.1. The number of benzene rings is 1. The van der Waals surface area contributed by atoms with Crippen LogP contribution in [0.5, 0.6) is 0 Å². The highest BCUT2D eigenvalue weighted by atomic mass is 19.1. The molecule has 0 bridgehead atoms. The number of carbonyl (C=O) groups excluding carboxylic acids is 2. The molecule has 3 aliphatic rings. The number of rotatable bonds is 4. The summed E-state index contributed by atoms with van der Waals surface area (Å²) in [6.07, 6.45) is 3.19. The maximum atomic E-state index is 13.8. The molecule has 0 aromatic heterocycles. The molecule has 4 atom stereocenters. The molecule has 146 valence electrons. The molecule has 1 aromatic carbocycles. The van der Waals surface area contributed by atoms with Crippen molar-refractivity contribution in [1.82, 2.24) is 20.7 Å². The summed E-state index contributed by atoms with van der Waals surface area (Å²) in [5.74, 6) is -0.311. The Morgan fingerprint density at radius 2 is 2.07 bits per heavy atom. The molecule has 3 fully saturated rings. The lowest BCUT2D eigenvalue weighted by Gasteiger charge is -2.51. The summed E-state index contributed by atoms with van der Waals surface area (Å²) in [5, 5.41) is 5.03. The van der Waals surface area contributed by atoms with Gasteiger partial charge in [0.25, 0.3) is 0 Å². The number of fused-ring (bicyclic) bond motifs is 3. The molecule has 27 heavy (non-hydrogen) atoms. The van der Waals surface area contributed by atoms with Crippen LogP contribution < -0.4 is 10.7 Å².